The van der Waals surface area contributed by atoms with Gasteiger partial charge in [0.2, 0.25) is 5.95 Å². The van der Waals surface area contributed by atoms with Gasteiger partial charge < -0.3 is 19.5 Å². The maximum atomic E-state index is 15.1. The van der Waals surface area contributed by atoms with Crippen molar-refractivity contribution in [3.05, 3.63) is 59.7 Å². The summed E-state index contributed by atoms with van der Waals surface area (Å²) in [7, 11) is 0. The number of hydrogen-bond acceptors (Lipinski definition) is 7. The second-order valence-corrected chi connectivity index (χ2v) is 11.5. The van der Waals surface area contributed by atoms with Gasteiger partial charge in [0.15, 0.2) is 11.6 Å². The molecular weight excluding hydrogens is 524 g/mol. The van der Waals surface area contributed by atoms with Gasteiger partial charge in [0, 0.05) is 23.7 Å². The van der Waals surface area contributed by atoms with Gasteiger partial charge in [-0.15, -0.1) is 0 Å². The van der Waals surface area contributed by atoms with Crippen LogP contribution < -0.4 is 5.32 Å². The summed E-state index contributed by atoms with van der Waals surface area (Å²) in [5.74, 6) is 1.85. The third-order valence-corrected chi connectivity index (χ3v) is 8.63. The number of halogens is 2. The molecule has 3 aromatic heterocycles. The summed E-state index contributed by atoms with van der Waals surface area (Å²) < 4.78 is 37.5. The van der Waals surface area contributed by atoms with E-state index in [0.29, 0.717) is 40.5 Å². The zero-order valence-electron chi connectivity index (χ0n) is 24.1. The Morgan fingerprint density at radius 2 is 1.78 bits per heavy atom. The molecule has 1 aromatic carbocycles. The van der Waals surface area contributed by atoms with Crippen molar-refractivity contribution < 1.29 is 13.5 Å². The van der Waals surface area contributed by atoms with Crippen molar-refractivity contribution in [2.24, 2.45) is 11.8 Å². The van der Waals surface area contributed by atoms with Crippen molar-refractivity contribution in [3.8, 4) is 11.3 Å². The lowest BCUT2D eigenvalue weighted by atomic mass is 9.72. The molecular formula is C31H37F2N7O. The van der Waals surface area contributed by atoms with Crippen molar-refractivity contribution in [1.82, 2.24) is 29.4 Å². The summed E-state index contributed by atoms with van der Waals surface area (Å²) in [6.45, 7) is 13.0. The first-order valence-corrected chi connectivity index (χ1v) is 14.6. The van der Waals surface area contributed by atoms with E-state index >= 15 is 4.39 Å². The number of imidazole rings is 1. The van der Waals surface area contributed by atoms with Crippen molar-refractivity contribution in [3.63, 3.8) is 0 Å². The molecule has 5 heterocycles. The highest BCUT2D eigenvalue weighted by molar-refractivity contribution is 5.83. The molecule has 2 aliphatic heterocycles. The first kappa shape index (κ1) is 27.7. The van der Waals surface area contributed by atoms with Crippen molar-refractivity contribution in [2.75, 3.05) is 38.2 Å². The number of fused-ring (bicyclic) bond motifs is 1. The van der Waals surface area contributed by atoms with Crippen molar-refractivity contribution >= 4 is 22.8 Å². The van der Waals surface area contributed by atoms with Crippen LogP contribution in [-0.2, 0) is 4.74 Å². The number of anilines is 2. The van der Waals surface area contributed by atoms with Crippen LogP contribution in [0, 0.1) is 30.4 Å². The molecule has 0 amide bonds. The van der Waals surface area contributed by atoms with Crippen LogP contribution in [0.2, 0.25) is 0 Å². The van der Waals surface area contributed by atoms with Gasteiger partial charge in [-0.3, -0.25) is 0 Å². The molecule has 1 atom stereocenters. The Bertz CT molecular complexity index is 1530. The summed E-state index contributed by atoms with van der Waals surface area (Å²) in [6.07, 6.45) is 5.40. The molecule has 0 bridgehead atoms. The van der Waals surface area contributed by atoms with E-state index in [4.69, 9.17) is 4.74 Å². The van der Waals surface area contributed by atoms with Gasteiger partial charge in [-0.05, 0) is 88.8 Å². The average molecular weight is 562 g/mol. The third kappa shape index (κ3) is 5.42. The van der Waals surface area contributed by atoms with Gasteiger partial charge >= 0.3 is 0 Å². The molecule has 8 nitrogen and oxygen atoms in total. The number of aryl methyl sites for hydroxylation is 1. The molecule has 2 aliphatic rings. The first-order chi connectivity index (χ1) is 19.8. The maximum Gasteiger partial charge on any atom is 0.229 e. The molecule has 2 saturated heterocycles. The van der Waals surface area contributed by atoms with Gasteiger partial charge in [-0.1, -0.05) is 13.0 Å². The lowest BCUT2D eigenvalue weighted by Gasteiger charge is -2.42. The van der Waals surface area contributed by atoms with Gasteiger partial charge in [-0.2, -0.15) is 0 Å². The summed E-state index contributed by atoms with van der Waals surface area (Å²) in [5, 5.41) is 3.10. The van der Waals surface area contributed by atoms with Crippen LogP contribution in [0.5, 0.6) is 0 Å². The maximum absolute atomic E-state index is 15.1. The Hall–Kier alpha value is -3.50. The number of pyridine rings is 1. The minimum absolute atomic E-state index is 0.0116. The average Bonchev–Trinajstić information content (AvgIpc) is 3.29. The van der Waals surface area contributed by atoms with Gasteiger partial charge in [0.1, 0.15) is 22.9 Å². The van der Waals surface area contributed by atoms with Crippen molar-refractivity contribution in [2.45, 2.75) is 52.5 Å². The standard InChI is InChI=1S/C31H37F2N7O/c1-5-39-10-8-20(9-11-39)28(23-16-41-17-23)21-6-7-27(34-14-21)37-31-35-15-25(33)29(38-31)22-12-24(32)30-26(13-22)40(18(2)3)19(4)36-30/h6-7,12-15,18,20,23,28H,5,8-11,16-17H2,1-4H3,(H,34,35,37,38). The van der Waals surface area contributed by atoms with Gasteiger partial charge in [-0.25, -0.2) is 28.7 Å². The van der Waals surface area contributed by atoms with E-state index in [1.807, 2.05) is 37.6 Å². The van der Waals surface area contributed by atoms with Crippen LogP contribution in [0.15, 0.2) is 36.7 Å². The van der Waals surface area contributed by atoms with Crippen LogP contribution in [0.25, 0.3) is 22.3 Å². The zero-order chi connectivity index (χ0) is 28.7. The zero-order valence-corrected chi connectivity index (χ0v) is 24.1. The van der Waals surface area contributed by atoms with Crippen LogP contribution in [0.1, 0.15) is 57.0 Å². The highest BCUT2D eigenvalue weighted by atomic mass is 19.1. The number of nitrogens with zero attached hydrogens (tertiary/aromatic N) is 6. The number of aromatic nitrogens is 5. The molecule has 0 spiro atoms. The summed E-state index contributed by atoms with van der Waals surface area (Å²) in [5.41, 5.74) is 2.42. The van der Waals surface area contributed by atoms with E-state index in [2.05, 4.69) is 43.1 Å². The topological polar surface area (TPSA) is 81.0 Å². The normalized spacial score (nSPS) is 17.7. The minimum Gasteiger partial charge on any atom is -0.381 e. The quantitative estimate of drug-likeness (QED) is 0.272. The molecule has 0 radical (unpaired) electrons. The Balaban J connectivity index is 1.24. The first-order valence-electron chi connectivity index (χ1n) is 14.6. The minimum atomic E-state index is -0.635. The van der Waals surface area contributed by atoms with Crippen LogP contribution >= 0.6 is 0 Å². The Labute approximate surface area is 239 Å². The van der Waals surface area contributed by atoms with E-state index < -0.39 is 11.6 Å². The summed E-state index contributed by atoms with van der Waals surface area (Å²) in [4.78, 5) is 20.1. The number of nitrogens with one attached hydrogen (secondary N) is 1. The van der Waals surface area contributed by atoms with Crippen LogP contribution in [-0.4, -0.2) is 62.3 Å². The summed E-state index contributed by atoms with van der Waals surface area (Å²) >= 11 is 0. The predicted molar refractivity (Wildman–Crippen MR) is 155 cm³/mol. The molecule has 1 N–H and O–H groups in total. The molecule has 1 unspecified atom stereocenters. The molecule has 2 fully saturated rings. The molecule has 4 aromatic rings. The molecule has 216 valence electrons. The molecule has 41 heavy (non-hydrogen) atoms. The lowest BCUT2D eigenvalue weighted by Crippen LogP contribution is -2.41. The van der Waals surface area contributed by atoms with E-state index in [1.165, 1.54) is 24.5 Å². The molecule has 0 aliphatic carbocycles. The lowest BCUT2D eigenvalue weighted by molar-refractivity contribution is -0.0587. The Morgan fingerprint density at radius 3 is 2.41 bits per heavy atom. The van der Waals surface area contributed by atoms with E-state index in [0.717, 1.165) is 39.0 Å². The highest BCUT2D eigenvalue weighted by Crippen LogP contribution is 2.41. The fourth-order valence-corrected chi connectivity index (χ4v) is 6.50. The van der Waals surface area contributed by atoms with Crippen LogP contribution in [0.4, 0.5) is 20.5 Å². The Morgan fingerprint density at radius 1 is 1.00 bits per heavy atom. The molecule has 6 rings (SSSR count). The Kier molecular flexibility index (Phi) is 7.70. The third-order valence-electron chi connectivity index (χ3n) is 8.63. The molecule has 10 heteroatoms. The van der Waals surface area contributed by atoms with Gasteiger partial charge in [0.25, 0.3) is 0 Å². The SMILES string of the molecule is CCN1CCC(C(c2ccc(Nc3ncc(F)c(-c4cc(F)c5nc(C)n(C(C)C)c5c4)n3)nc2)C2COC2)CC1. The number of rotatable bonds is 8. The van der Waals surface area contributed by atoms with E-state index in [1.54, 1.807) is 6.07 Å². The largest absolute Gasteiger partial charge is 0.381 e. The van der Waals surface area contributed by atoms with E-state index in [-0.39, 0.29) is 23.2 Å². The van der Waals surface area contributed by atoms with Gasteiger partial charge in [0.05, 0.1) is 24.9 Å². The van der Waals surface area contributed by atoms with Crippen molar-refractivity contribution in [1.29, 1.82) is 0 Å². The fourth-order valence-electron chi connectivity index (χ4n) is 6.50. The highest BCUT2D eigenvalue weighted by Gasteiger charge is 2.37. The number of benzene rings is 1. The monoisotopic (exact) mass is 561 g/mol. The fraction of sp³-hybridized carbons (Fsp3) is 0.484. The number of ether oxygens (including phenoxy) is 1. The second kappa shape index (κ2) is 11.4. The number of likely N-dealkylation sites (tertiary alicyclic amines) is 1. The second-order valence-electron chi connectivity index (χ2n) is 11.5. The number of hydrogen-bond donors (Lipinski definition) is 1. The smallest absolute Gasteiger partial charge is 0.229 e. The predicted octanol–water partition coefficient (Wildman–Crippen LogP) is 6.26. The summed E-state index contributed by atoms with van der Waals surface area (Å²) in [6, 6.07) is 7.11. The number of piperidine rings is 1. The van der Waals surface area contributed by atoms with Crippen LogP contribution in [0.3, 0.4) is 0 Å². The molecule has 0 saturated carbocycles. The van der Waals surface area contributed by atoms with E-state index in [9.17, 15) is 4.39 Å².